The molecule has 0 aliphatic heterocycles. The molecule has 2 N–H and O–H groups in total. The van der Waals surface area contributed by atoms with Crippen LogP contribution in [-0.4, -0.2) is 33.3 Å². The largest absolute Gasteiger partial charge is 0.497 e. The molecule has 0 saturated carbocycles. The summed E-state index contributed by atoms with van der Waals surface area (Å²) in [6.07, 6.45) is -0.696. The quantitative estimate of drug-likeness (QED) is 0.810. The zero-order valence-electron chi connectivity index (χ0n) is 10.8. The van der Waals surface area contributed by atoms with Gasteiger partial charge in [-0.05, 0) is 30.2 Å². The Balaban J connectivity index is 2.73. The van der Waals surface area contributed by atoms with Crippen molar-refractivity contribution in [3.8, 4) is 5.75 Å². The summed E-state index contributed by atoms with van der Waals surface area (Å²) in [6.45, 7) is 3.66. The average molecular weight is 273 g/mol. The molecule has 0 saturated heterocycles. The van der Waals surface area contributed by atoms with Gasteiger partial charge in [-0.2, -0.15) is 0 Å². The van der Waals surface area contributed by atoms with Crippen LogP contribution < -0.4 is 9.46 Å². The molecule has 6 heteroatoms. The van der Waals surface area contributed by atoms with E-state index in [0.717, 1.165) is 0 Å². The van der Waals surface area contributed by atoms with E-state index in [1.807, 2.05) is 13.8 Å². The molecule has 1 unspecified atom stereocenters. The van der Waals surface area contributed by atoms with Gasteiger partial charge in [-0.1, -0.05) is 13.8 Å². The maximum absolute atomic E-state index is 11.9. The topological polar surface area (TPSA) is 75.6 Å². The molecule has 0 radical (unpaired) electrons. The van der Waals surface area contributed by atoms with Crippen molar-refractivity contribution in [2.24, 2.45) is 5.92 Å². The Morgan fingerprint density at radius 2 is 1.83 bits per heavy atom. The molecule has 1 atom stereocenters. The van der Waals surface area contributed by atoms with Crippen LogP contribution in [0.15, 0.2) is 29.2 Å². The number of methoxy groups -OCH3 is 1. The van der Waals surface area contributed by atoms with Crippen molar-refractivity contribution in [2.75, 3.05) is 13.7 Å². The molecule has 0 spiro atoms. The van der Waals surface area contributed by atoms with Gasteiger partial charge in [-0.25, -0.2) is 13.1 Å². The van der Waals surface area contributed by atoms with Crippen LogP contribution in [0.25, 0.3) is 0 Å². The van der Waals surface area contributed by atoms with E-state index >= 15 is 0 Å². The van der Waals surface area contributed by atoms with Crippen LogP contribution in [0.4, 0.5) is 0 Å². The van der Waals surface area contributed by atoms with E-state index in [1.54, 1.807) is 12.1 Å². The highest BCUT2D eigenvalue weighted by molar-refractivity contribution is 7.89. The molecular weight excluding hydrogens is 254 g/mol. The number of nitrogens with one attached hydrogen (secondary N) is 1. The van der Waals surface area contributed by atoms with E-state index < -0.39 is 16.1 Å². The minimum atomic E-state index is -3.58. The second-order valence-corrected chi connectivity index (χ2v) is 6.11. The standard InChI is InChI=1S/C12H19NO4S/c1-9(2)12(14)8-13-18(15,16)11-6-4-10(17-3)5-7-11/h4-7,9,12-14H,8H2,1-3H3. The molecule has 1 rings (SSSR count). The van der Waals surface area contributed by atoms with Crippen molar-refractivity contribution < 1.29 is 18.3 Å². The molecule has 18 heavy (non-hydrogen) atoms. The monoisotopic (exact) mass is 273 g/mol. The maximum atomic E-state index is 11.9. The molecule has 1 aromatic rings. The van der Waals surface area contributed by atoms with Gasteiger partial charge in [0.2, 0.25) is 10.0 Å². The molecule has 5 nitrogen and oxygen atoms in total. The van der Waals surface area contributed by atoms with E-state index in [4.69, 9.17) is 4.74 Å². The number of rotatable bonds is 6. The molecule has 102 valence electrons. The third-order valence-corrected chi connectivity index (χ3v) is 4.06. The third-order valence-electron chi connectivity index (χ3n) is 2.62. The van der Waals surface area contributed by atoms with Gasteiger partial charge in [-0.3, -0.25) is 0 Å². The fourth-order valence-corrected chi connectivity index (χ4v) is 2.32. The number of benzene rings is 1. The molecular formula is C12H19NO4S. The van der Waals surface area contributed by atoms with Crippen molar-refractivity contribution in [1.29, 1.82) is 0 Å². The smallest absolute Gasteiger partial charge is 0.240 e. The average Bonchev–Trinajstić information content (AvgIpc) is 2.36. The summed E-state index contributed by atoms with van der Waals surface area (Å²) in [7, 11) is -2.06. The molecule has 0 bridgehead atoms. The Bertz CT molecular complexity index is 467. The Morgan fingerprint density at radius 3 is 2.28 bits per heavy atom. The van der Waals surface area contributed by atoms with Crippen molar-refractivity contribution in [1.82, 2.24) is 4.72 Å². The Kier molecular flexibility index (Phi) is 5.13. The zero-order chi connectivity index (χ0) is 13.8. The lowest BCUT2D eigenvalue weighted by molar-refractivity contribution is 0.129. The second-order valence-electron chi connectivity index (χ2n) is 4.34. The highest BCUT2D eigenvalue weighted by atomic mass is 32.2. The van der Waals surface area contributed by atoms with Crippen LogP contribution in [0.3, 0.4) is 0 Å². The van der Waals surface area contributed by atoms with E-state index in [-0.39, 0.29) is 17.4 Å². The summed E-state index contributed by atoms with van der Waals surface area (Å²) in [4.78, 5) is 0.152. The third kappa shape index (κ3) is 3.97. The first-order valence-electron chi connectivity index (χ1n) is 5.68. The van der Waals surface area contributed by atoms with Gasteiger partial charge >= 0.3 is 0 Å². The zero-order valence-corrected chi connectivity index (χ0v) is 11.6. The number of aliphatic hydroxyl groups excluding tert-OH is 1. The number of ether oxygens (including phenoxy) is 1. The van der Waals surface area contributed by atoms with Gasteiger partial charge in [0, 0.05) is 6.54 Å². The highest BCUT2D eigenvalue weighted by Crippen LogP contribution is 2.15. The molecule has 0 aromatic heterocycles. The molecule has 0 aliphatic rings. The summed E-state index contributed by atoms with van der Waals surface area (Å²) >= 11 is 0. The predicted octanol–water partition coefficient (Wildman–Crippen LogP) is 0.990. The van der Waals surface area contributed by atoms with Gasteiger partial charge in [0.05, 0.1) is 18.1 Å². The Hall–Kier alpha value is -1.11. The second kappa shape index (κ2) is 6.17. The van der Waals surface area contributed by atoms with Gasteiger partial charge in [0.25, 0.3) is 0 Å². The van der Waals surface area contributed by atoms with Crippen molar-refractivity contribution in [3.05, 3.63) is 24.3 Å². The first-order valence-corrected chi connectivity index (χ1v) is 7.17. The van der Waals surface area contributed by atoms with E-state index in [2.05, 4.69) is 4.72 Å². The van der Waals surface area contributed by atoms with Crippen LogP contribution in [0.1, 0.15) is 13.8 Å². The minimum Gasteiger partial charge on any atom is -0.497 e. The van der Waals surface area contributed by atoms with E-state index in [0.29, 0.717) is 5.75 Å². The van der Waals surface area contributed by atoms with Crippen LogP contribution in [0, 0.1) is 5.92 Å². The SMILES string of the molecule is COc1ccc(S(=O)(=O)NCC(O)C(C)C)cc1. The summed E-state index contributed by atoms with van der Waals surface area (Å²) in [5, 5.41) is 9.57. The van der Waals surface area contributed by atoms with Crippen molar-refractivity contribution >= 4 is 10.0 Å². The maximum Gasteiger partial charge on any atom is 0.240 e. The number of aliphatic hydroxyl groups is 1. The number of hydrogen-bond acceptors (Lipinski definition) is 4. The van der Waals surface area contributed by atoms with Crippen molar-refractivity contribution in [3.63, 3.8) is 0 Å². The Labute approximate surface area is 108 Å². The minimum absolute atomic E-state index is 0.00330. The van der Waals surface area contributed by atoms with Crippen LogP contribution in [0.5, 0.6) is 5.75 Å². The first kappa shape index (κ1) is 14.9. The van der Waals surface area contributed by atoms with E-state index in [1.165, 1.54) is 19.2 Å². The predicted molar refractivity (Wildman–Crippen MR) is 69.0 cm³/mol. The van der Waals surface area contributed by atoms with Gasteiger partial charge in [0.15, 0.2) is 0 Å². The summed E-state index contributed by atoms with van der Waals surface area (Å²) < 4.78 is 31.1. The summed E-state index contributed by atoms with van der Waals surface area (Å²) in [6, 6.07) is 6.08. The highest BCUT2D eigenvalue weighted by Gasteiger charge is 2.17. The normalized spacial score (nSPS) is 13.6. The summed E-state index contributed by atoms with van der Waals surface area (Å²) in [5.41, 5.74) is 0. The van der Waals surface area contributed by atoms with Crippen LogP contribution >= 0.6 is 0 Å². The lowest BCUT2D eigenvalue weighted by atomic mass is 10.1. The molecule has 0 fully saturated rings. The summed E-state index contributed by atoms with van der Waals surface area (Å²) in [5.74, 6) is 0.597. The molecule has 0 aliphatic carbocycles. The lowest BCUT2D eigenvalue weighted by Crippen LogP contribution is -2.34. The molecule has 0 amide bonds. The molecule has 0 heterocycles. The first-order chi connectivity index (χ1) is 8.36. The van der Waals surface area contributed by atoms with Gasteiger partial charge in [0.1, 0.15) is 5.75 Å². The number of hydrogen-bond donors (Lipinski definition) is 2. The fourth-order valence-electron chi connectivity index (χ4n) is 1.27. The fraction of sp³-hybridized carbons (Fsp3) is 0.500. The van der Waals surface area contributed by atoms with Crippen molar-refractivity contribution in [2.45, 2.75) is 24.8 Å². The van der Waals surface area contributed by atoms with Crippen LogP contribution in [-0.2, 0) is 10.0 Å². The number of sulfonamides is 1. The van der Waals surface area contributed by atoms with Gasteiger partial charge in [-0.15, -0.1) is 0 Å². The Morgan fingerprint density at radius 1 is 1.28 bits per heavy atom. The van der Waals surface area contributed by atoms with Gasteiger partial charge < -0.3 is 9.84 Å². The van der Waals surface area contributed by atoms with E-state index in [9.17, 15) is 13.5 Å². The lowest BCUT2D eigenvalue weighted by Gasteiger charge is -2.15. The van der Waals surface area contributed by atoms with Crippen LogP contribution in [0.2, 0.25) is 0 Å². The molecule has 1 aromatic carbocycles.